The highest BCUT2D eigenvalue weighted by atomic mass is 16.4. The molecule has 1 atom stereocenters. The summed E-state index contributed by atoms with van der Waals surface area (Å²) in [4.78, 5) is 25.2. The van der Waals surface area contributed by atoms with Crippen LogP contribution in [-0.4, -0.2) is 23.5 Å². The molecule has 1 amide bonds. The van der Waals surface area contributed by atoms with E-state index >= 15 is 0 Å². The first-order valence-corrected chi connectivity index (χ1v) is 7.43. The molecule has 1 unspecified atom stereocenters. The molecule has 0 aromatic heterocycles. The maximum atomic E-state index is 12.4. The molecule has 0 fully saturated rings. The fraction of sp³-hybridized carbons (Fsp3) is 0.412. The quantitative estimate of drug-likeness (QED) is 0.928. The lowest BCUT2D eigenvalue weighted by molar-refractivity contribution is -0.138. The van der Waals surface area contributed by atoms with Crippen LogP contribution in [0.2, 0.25) is 0 Å². The second kappa shape index (κ2) is 5.35. The number of aliphatic carboxylic acids is 1. The van der Waals surface area contributed by atoms with Gasteiger partial charge in [-0.3, -0.25) is 9.59 Å². The molecule has 0 bridgehead atoms. The second-order valence-electron chi connectivity index (χ2n) is 5.83. The molecule has 2 aliphatic rings. The molecule has 1 aromatic rings. The van der Waals surface area contributed by atoms with Crippen molar-refractivity contribution in [2.75, 3.05) is 11.4 Å². The van der Waals surface area contributed by atoms with Crippen LogP contribution in [0.15, 0.2) is 35.4 Å². The van der Waals surface area contributed by atoms with Gasteiger partial charge in [0, 0.05) is 17.8 Å². The Balaban J connectivity index is 1.80. The van der Waals surface area contributed by atoms with Crippen LogP contribution in [0.4, 0.5) is 5.69 Å². The van der Waals surface area contributed by atoms with Crippen LogP contribution in [0.1, 0.15) is 44.1 Å². The molecule has 0 saturated heterocycles. The number of nitrogens with zero attached hydrogens (tertiary/aromatic N) is 1. The van der Waals surface area contributed by atoms with Crippen LogP contribution in [0.25, 0.3) is 0 Å². The fourth-order valence-corrected chi connectivity index (χ4v) is 3.12. The summed E-state index contributed by atoms with van der Waals surface area (Å²) >= 11 is 0. The third kappa shape index (κ3) is 2.46. The van der Waals surface area contributed by atoms with E-state index in [0.29, 0.717) is 6.54 Å². The molecule has 4 nitrogen and oxygen atoms in total. The maximum absolute atomic E-state index is 12.4. The number of hydrogen-bond acceptors (Lipinski definition) is 2. The van der Waals surface area contributed by atoms with Crippen molar-refractivity contribution in [1.82, 2.24) is 0 Å². The molecule has 1 aromatic carbocycles. The first kappa shape index (κ1) is 13.9. The monoisotopic (exact) mass is 285 g/mol. The summed E-state index contributed by atoms with van der Waals surface area (Å²) in [5, 5.41) is 9.03. The van der Waals surface area contributed by atoms with Crippen molar-refractivity contribution >= 4 is 17.6 Å². The van der Waals surface area contributed by atoms with E-state index in [2.05, 4.69) is 0 Å². The lowest BCUT2D eigenvalue weighted by Crippen LogP contribution is -2.26. The zero-order valence-electron chi connectivity index (χ0n) is 12.1. The number of rotatable bonds is 3. The van der Waals surface area contributed by atoms with Crippen molar-refractivity contribution in [2.24, 2.45) is 0 Å². The molecule has 0 radical (unpaired) electrons. The summed E-state index contributed by atoms with van der Waals surface area (Å²) in [5.74, 6) is -1.24. The zero-order chi connectivity index (χ0) is 15.0. The zero-order valence-corrected chi connectivity index (χ0v) is 12.1. The number of carboxylic acid groups (broad SMARTS) is 1. The summed E-state index contributed by atoms with van der Waals surface area (Å²) < 4.78 is 0. The van der Waals surface area contributed by atoms with Gasteiger partial charge in [0.2, 0.25) is 0 Å². The van der Waals surface area contributed by atoms with E-state index < -0.39 is 11.9 Å². The Labute approximate surface area is 124 Å². The van der Waals surface area contributed by atoms with E-state index in [1.54, 1.807) is 19.1 Å². The average molecular weight is 285 g/mol. The van der Waals surface area contributed by atoms with Crippen molar-refractivity contribution in [3.8, 4) is 0 Å². The van der Waals surface area contributed by atoms with Gasteiger partial charge >= 0.3 is 5.97 Å². The summed E-state index contributed by atoms with van der Waals surface area (Å²) in [7, 11) is 0. The molecule has 1 heterocycles. The Hall–Kier alpha value is -2.10. The minimum absolute atomic E-state index is 0.128. The van der Waals surface area contributed by atoms with Crippen molar-refractivity contribution in [3.05, 3.63) is 41.0 Å². The van der Waals surface area contributed by atoms with Gasteiger partial charge < -0.3 is 10.0 Å². The maximum Gasteiger partial charge on any atom is 0.310 e. The molecule has 0 spiro atoms. The minimum atomic E-state index is -0.836. The Morgan fingerprint density at radius 1 is 1.19 bits per heavy atom. The van der Waals surface area contributed by atoms with Gasteiger partial charge in [-0.25, -0.2) is 0 Å². The second-order valence-corrected chi connectivity index (χ2v) is 5.83. The first-order valence-electron chi connectivity index (χ1n) is 7.43. The highest BCUT2D eigenvalue weighted by molar-refractivity contribution is 6.09. The van der Waals surface area contributed by atoms with Crippen molar-refractivity contribution < 1.29 is 14.7 Å². The van der Waals surface area contributed by atoms with Crippen LogP contribution in [0, 0.1) is 0 Å². The number of hydrogen-bond donors (Lipinski definition) is 1. The lowest BCUT2D eigenvalue weighted by Gasteiger charge is -2.18. The number of carbonyl (C=O) groups is 2. The summed E-state index contributed by atoms with van der Waals surface area (Å²) in [5.41, 5.74) is 3.91. The lowest BCUT2D eigenvalue weighted by atomic mass is 9.94. The van der Waals surface area contributed by atoms with E-state index in [1.807, 2.05) is 17.0 Å². The Morgan fingerprint density at radius 3 is 2.48 bits per heavy atom. The summed E-state index contributed by atoms with van der Waals surface area (Å²) in [6.45, 7) is 2.36. The van der Waals surface area contributed by atoms with Crippen molar-refractivity contribution in [2.45, 2.75) is 38.5 Å². The van der Waals surface area contributed by atoms with E-state index in [9.17, 15) is 9.59 Å². The molecule has 1 aliphatic carbocycles. The van der Waals surface area contributed by atoms with Gasteiger partial charge in [-0.2, -0.15) is 0 Å². The summed E-state index contributed by atoms with van der Waals surface area (Å²) in [6, 6.07) is 7.31. The number of carbonyl (C=O) groups excluding carboxylic acids is 1. The molecule has 110 valence electrons. The van der Waals surface area contributed by atoms with Crippen LogP contribution in [0.3, 0.4) is 0 Å². The normalized spacial score (nSPS) is 19.7. The third-order valence-electron chi connectivity index (χ3n) is 4.51. The highest BCUT2D eigenvalue weighted by Crippen LogP contribution is 2.34. The smallest absolute Gasteiger partial charge is 0.310 e. The molecule has 3 rings (SSSR count). The van der Waals surface area contributed by atoms with E-state index in [0.717, 1.165) is 36.1 Å². The summed E-state index contributed by atoms with van der Waals surface area (Å²) in [6.07, 6.45) is 4.22. The highest BCUT2D eigenvalue weighted by Gasteiger charge is 2.32. The SMILES string of the molecule is CC(C(=O)O)c1ccc(N2CC3=C(CCCC3)C2=O)cc1. The van der Waals surface area contributed by atoms with E-state index in [1.165, 1.54) is 12.0 Å². The molecule has 1 N–H and O–H groups in total. The van der Waals surface area contributed by atoms with Crippen LogP contribution >= 0.6 is 0 Å². The Bertz CT molecular complexity index is 615. The Kier molecular flexibility index (Phi) is 3.53. The third-order valence-corrected chi connectivity index (χ3v) is 4.51. The average Bonchev–Trinajstić information content (AvgIpc) is 2.84. The predicted molar refractivity (Wildman–Crippen MR) is 80.3 cm³/mol. The van der Waals surface area contributed by atoms with Crippen LogP contribution < -0.4 is 4.90 Å². The minimum Gasteiger partial charge on any atom is -0.481 e. The van der Waals surface area contributed by atoms with Gasteiger partial charge in [0.1, 0.15) is 0 Å². The Morgan fingerprint density at radius 2 is 1.86 bits per heavy atom. The van der Waals surface area contributed by atoms with Crippen LogP contribution in [0.5, 0.6) is 0 Å². The van der Waals surface area contributed by atoms with E-state index in [-0.39, 0.29) is 5.91 Å². The predicted octanol–water partition coefficient (Wildman–Crippen LogP) is 3.09. The number of anilines is 1. The van der Waals surface area contributed by atoms with Gasteiger partial charge in [-0.15, -0.1) is 0 Å². The molecular formula is C17H19NO3. The fourth-order valence-electron chi connectivity index (χ4n) is 3.12. The number of amides is 1. The topological polar surface area (TPSA) is 57.6 Å². The number of carboxylic acids is 1. The van der Waals surface area contributed by atoms with Gasteiger partial charge in [0.05, 0.1) is 5.92 Å². The molecular weight excluding hydrogens is 266 g/mol. The van der Waals surface area contributed by atoms with Gasteiger partial charge in [-0.05, 0) is 55.9 Å². The largest absolute Gasteiger partial charge is 0.481 e. The van der Waals surface area contributed by atoms with Crippen molar-refractivity contribution in [3.63, 3.8) is 0 Å². The first-order chi connectivity index (χ1) is 10.1. The van der Waals surface area contributed by atoms with Gasteiger partial charge in [-0.1, -0.05) is 12.1 Å². The van der Waals surface area contributed by atoms with Gasteiger partial charge in [0.25, 0.3) is 5.91 Å². The van der Waals surface area contributed by atoms with Crippen LogP contribution in [-0.2, 0) is 9.59 Å². The van der Waals surface area contributed by atoms with Crippen molar-refractivity contribution in [1.29, 1.82) is 0 Å². The molecule has 4 heteroatoms. The molecule has 21 heavy (non-hydrogen) atoms. The molecule has 1 aliphatic heterocycles. The molecule has 0 saturated carbocycles. The standard InChI is InChI=1S/C17H19NO3/c1-11(17(20)21)12-6-8-14(9-7-12)18-10-13-4-2-3-5-15(13)16(18)19/h6-9,11H,2-5,10H2,1H3,(H,20,21). The van der Waals surface area contributed by atoms with Gasteiger partial charge in [0.15, 0.2) is 0 Å². The number of benzene rings is 1. The van der Waals surface area contributed by atoms with E-state index in [4.69, 9.17) is 5.11 Å².